The number of nitrogens with one attached hydrogen (secondary N) is 1. The Morgan fingerprint density at radius 2 is 1.74 bits per heavy atom. The van der Waals surface area contributed by atoms with Crippen molar-refractivity contribution < 1.29 is 14.3 Å². The number of ether oxygens (including phenoxy) is 1. The number of carbonyl (C=O) groups excluding carboxylic acids is 2. The molecule has 0 bridgehead atoms. The zero-order chi connectivity index (χ0) is 19.6. The minimum Gasteiger partial charge on any atom is -0.444 e. The first-order chi connectivity index (χ1) is 12.7. The van der Waals surface area contributed by atoms with Crippen LogP contribution in [0.4, 0.5) is 10.5 Å². The number of likely N-dealkylation sites (tertiary alicyclic amines) is 1. The first-order valence-corrected chi connectivity index (χ1v) is 10.2. The minimum absolute atomic E-state index is 0.114. The van der Waals surface area contributed by atoms with Crippen LogP contribution in [0.15, 0.2) is 24.3 Å². The Balaban J connectivity index is 1.66. The molecule has 1 aromatic rings. The van der Waals surface area contributed by atoms with Crippen molar-refractivity contribution in [3.05, 3.63) is 29.8 Å². The van der Waals surface area contributed by atoms with Crippen molar-refractivity contribution >= 4 is 17.7 Å². The van der Waals surface area contributed by atoms with Crippen LogP contribution in [0.5, 0.6) is 0 Å². The SMILES string of the molecule is C[C@@H]1CCN(C(=O)c2ccc(NC(=O)OC(C)(C)C)cc2)[C@H]2CCCC[C@H]12. The van der Waals surface area contributed by atoms with Gasteiger partial charge in [-0.05, 0) is 76.1 Å². The maximum Gasteiger partial charge on any atom is 0.412 e. The second-order valence-corrected chi connectivity index (χ2v) is 8.98. The fourth-order valence-corrected chi connectivity index (χ4v) is 4.45. The molecule has 148 valence electrons. The summed E-state index contributed by atoms with van der Waals surface area (Å²) in [7, 11) is 0. The quantitative estimate of drug-likeness (QED) is 0.788. The van der Waals surface area contributed by atoms with E-state index in [4.69, 9.17) is 4.74 Å². The summed E-state index contributed by atoms with van der Waals surface area (Å²) in [5.41, 5.74) is 0.772. The molecular weight excluding hydrogens is 340 g/mol. The summed E-state index contributed by atoms with van der Waals surface area (Å²) >= 11 is 0. The molecule has 0 spiro atoms. The van der Waals surface area contributed by atoms with Crippen molar-refractivity contribution in [2.24, 2.45) is 11.8 Å². The number of rotatable bonds is 2. The van der Waals surface area contributed by atoms with Gasteiger partial charge in [0.05, 0.1) is 0 Å². The van der Waals surface area contributed by atoms with Gasteiger partial charge in [0, 0.05) is 23.8 Å². The number of fused-ring (bicyclic) bond motifs is 1. The standard InChI is InChI=1S/C22H32N2O3/c1-15-13-14-24(19-8-6-5-7-18(15)19)20(25)16-9-11-17(12-10-16)23-21(26)27-22(2,3)4/h9-12,15,18-19H,5-8,13-14H2,1-4H3,(H,23,26)/t15-,18-,19+/m1/s1. The van der Waals surface area contributed by atoms with Gasteiger partial charge in [-0.1, -0.05) is 19.8 Å². The summed E-state index contributed by atoms with van der Waals surface area (Å²) in [6.45, 7) is 8.66. The van der Waals surface area contributed by atoms with E-state index in [9.17, 15) is 9.59 Å². The molecule has 27 heavy (non-hydrogen) atoms. The molecule has 3 atom stereocenters. The number of anilines is 1. The summed E-state index contributed by atoms with van der Waals surface area (Å²) in [5.74, 6) is 1.46. The number of nitrogens with zero attached hydrogens (tertiary/aromatic N) is 1. The molecule has 2 aliphatic rings. The lowest BCUT2D eigenvalue weighted by atomic mass is 9.72. The number of carbonyl (C=O) groups is 2. The smallest absolute Gasteiger partial charge is 0.412 e. The highest BCUT2D eigenvalue weighted by Crippen LogP contribution is 2.39. The minimum atomic E-state index is -0.540. The maximum atomic E-state index is 13.1. The van der Waals surface area contributed by atoms with Crippen LogP contribution in [0.1, 0.15) is 70.2 Å². The van der Waals surface area contributed by atoms with Crippen LogP contribution in [0.25, 0.3) is 0 Å². The molecule has 1 heterocycles. The van der Waals surface area contributed by atoms with Crippen molar-refractivity contribution in [3.63, 3.8) is 0 Å². The highest BCUT2D eigenvalue weighted by Gasteiger charge is 2.39. The maximum absolute atomic E-state index is 13.1. The van der Waals surface area contributed by atoms with Crippen molar-refractivity contribution in [2.45, 2.75) is 71.4 Å². The normalized spacial score (nSPS) is 25.5. The van der Waals surface area contributed by atoms with Gasteiger partial charge in [0.2, 0.25) is 0 Å². The van der Waals surface area contributed by atoms with E-state index in [2.05, 4.69) is 17.1 Å². The lowest BCUT2D eigenvalue weighted by molar-refractivity contribution is 0.0217. The van der Waals surface area contributed by atoms with Gasteiger partial charge in [-0.15, -0.1) is 0 Å². The van der Waals surface area contributed by atoms with E-state index in [1.807, 2.05) is 20.8 Å². The Labute approximate surface area is 162 Å². The van der Waals surface area contributed by atoms with Crippen LogP contribution in [0, 0.1) is 11.8 Å². The third-order valence-corrected chi connectivity index (χ3v) is 5.78. The van der Waals surface area contributed by atoms with Gasteiger partial charge in [0.1, 0.15) is 5.60 Å². The third-order valence-electron chi connectivity index (χ3n) is 5.78. The van der Waals surface area contributed by atoms with E-state index in [0.29, 0.717) is 29.1 Å². The van der Waals surface area contributed by atoms with E-state index >= 15 is 0 Å². The highest BCUT2D eigenvalue weighted by atomic mass is 16.6. The Bertz CT molecular complexity index is 678. The molecule has 0 aromatic heterocycles. The molecule has 1 N–H and O–H groups in total. The van der Waals surface area contributed by atoms with Gasteiger partial charge in [0.15, 0.2) is 0 Å². The largest absolute Gasteiger partial charge is 0.444 e. The topological polar surface area (TPSA) is 58.6 Å². The van der Waals surface area contributed by atoms with Crippen molar-refractivity contribution in [3.8, 4) is 0 Å². The molecule has 1 aliphatic carbocycles. The zero-order valence-corrected chi connectivity index (χ0v) is 17.0. The van der Waals surface area contributed by atoms with Crippen LogP contribution >= 0.6 is 0 Å². The molecule has 0 unspecified atom stereocenters. The Morgan fingerprint density at radius 1 is 1.07 bits per heavy atom. The molecule has 3 rings (SSSR count). The lowest BCUT2D eigenvalue weighted by Crippen LogP contribution is -2.52. The molecule has 1 saturated heterocycles. The Kier molecular flexibility index (Phi) is 5.78. The van der Waals surface area contributed by atoms with Gasteiger partial charge in [0.25, 0.3) is 5.91 Å². The number of hydrogen-bond donors (Lipinski definition) is 1. The van der Waals surface area contributed by atoms with Crippen LogP contribution in [0.2, 0.25) is 0 Å². The van der Waals surface area contributed by atoms with Crippen LogP contribution in [-0.4, -0.2) is 35.1 Å². The molecular formula is C22H32N2O3. The Hall–Kier alpha value is -2.04. The molecule has 1 aliphatic heterocycles. The number of hydrogen-bond acceptors (Lipinski definition) is 3. The van der Waals surface area contributed by atoms with Gasteiger partial charge in [-0.3, -0.25) is 10.1 Å². The zero-order valence-electron chi connectivity index (χ0n) is 17.0. The molecule has 5 heteroatoms. The fourth-order valence-electron chi connectivity index (χ4n) is 4.45. The molecule has 5 nitrogen and oxygen atoms in total. The first kappa shape index (κ1) is 19.7. The van der Waals surface area contributed by atoms with Gasteiger partial charge in [-0.25, -0.2) is 4.79 Å². The Morgan fingerprint density at radius 3 is 2.41 bits per heavy atom. The molecule has 2 amide bonds. The van der Waals surface area contributed by atoms with E-state index in [1.54, 1.807) is 24.3 Å². The van der Waals surface area contributed by atoms with Gasteiger partial charge >= 0.3 is 6.09 Å². The van der Waals surface area contributed by atoms with Crippen LogP contribution in [0.3, 0.4) is 0 Å². The molecule has 2 fully saturated rings. The number of amides is 2. The lowest BCUT2D eigenvalue weighted by Gasteiger charge is -2.47. The summed E-state index contributed by atoms with van der Waals surface area (Å²) < 4.78 is 5.26. The van der Waals surface area contributed by atoms with E-state index in [0.717, 1.165) is 19.4 Å². The predicted octanol–water partition coefficient (Wildman–Crippen LogP) is 5.07. The fraction of sp³-hybridized carbons (Fsp3) is 0.636. The number of piperidine rings is 1. The van der Waals surface area contributed by atoms with Crippen molar-refractivity contribution in [2.75, 3.05) is 11.9 Å². The average molecular weight is 373 g/mol. The molecule has 0 radical (unpaired) electrons. The summed E-state index contributed by atoms with van der Waals surface area (Å²) in [5, 5.41) is 2.71. The molecule has 1 aromatic carbocycles. The first-order valence-electron chi connectivity index (χ1n) is 10.2. The summed E-state index contributed by atoms with van der Waals surface area (Å²) in [4.78, 5) is 27.1. The van der Waals surface area contributed by atoms with Crippen LogP contribution in [-0.2, 0) is 4.74 Å². The second-order valence-electron chi connectivity index (χ2n) is 8.98. The molecule has 1 saturated carbocycles. The predicted molar refractivity (Wildman–Crippen MR) is 107 cm³/mol. The summed E-state index contributed by atoms with van der Waals surface area (Å²) in [6, 6.07) is 7.51. The van der Waals surface area contributed by atoms with Crippen molar-refractivity contribution in [1.82, 2.24) is 4.90 Å². The summed E-state index contributed by atoms with van der Waals surface area (Å²) in [6.07, 6.45) is 5.48. The van der Waals surface area contributed by atoms with Gasteiger partial charge < -0.3 is 9.64 Å². The number of benzene rings is 1. The van der Waals surface area contributed by atoms with E-state index in [-0.39, 0.29) is 5.91 Å². The highest BCUT2D eigenvalue weighted by molar-refractivity contribution is 5.95. The van der Waals surface area contributed by atoms with Crippen molar-refractivity contribution in [1.29, 1.82) is 0 Å². The van der Waals surface area contributed by atoms with E-state index < -0.39 is 11.7 Å². The third kappa shape index (κ3) is 4.82. The van der Waals surface area contributed by atoms with Crippen LogP contribution < -0.4 is 5.32 Å². The van der Waals surface area contributed by atoms with Gasteiger partial charge in [-0.2, -0.15) is 0 Å². The van der Waals surface area contributed by atoms with E-state index in [1.165, 1.54) is 19.3 Å². The monoisotopic (exact) mass is 372 g/mol. The average Bonchev–Trinajstić information content (AvgIpc) is 2.61. The second kappa shape index (κ2) is 7.91.